The molecule has 2 amide bonds. The summed E-state index contributed by atoms with van der Waals surface area (Å²) in [6.45, 7) is 1.91. The van der Waals surface area contributed by atoms with Gasteiger partial charge in [0.05, 0.1) is 13.7 Å². The van der Waals surface area contributed by atoms with E-state index in [1.165, 1.54) is 5.56 Å². The molecule has 0 saturated heterocycles. The average molecular weight is 417 g/mol. The second-order valence-corrected chi connectivity index (χ2v) is 7.48. The molecule has 0 spiro atoms. The van der Waals surface area contributed by atoms with Gasteiger partial charge >= 0.3 is 0 Å². The Labute approximate surface area is 183 Å². The predicted molar refractivity (Wildman–Crippen MR) is 123 cm³/mol. The van der Waals surface area contributed by atoms with Crippen LogP contribution in [0.1, 0.15) is 29.3 Å². The first-order valence-electron chi connectivity index (χ1n) is 10.4. The number of carbonyl (C=O) groups excluding carboxylic acids is 2. The Kier molecular flexibility index (Phi) is 7.82. The molecule has 160 valence electrons. The molecule has 2 N–H and O–H groups in total. The zero-order valence-electron chi connectivity index (χ0n) is 17.9. The van der Waals surface area contributed by atoms with Crippen LogP contribution in [0.25, 0.3) is 11.1 Å². The Bertz CT molecular complexity index is 983. The zero-order chi connectivity index (χ0) is 22.1. The molecule has 0 bridgehead atoms. The molecule has 31 heavy (non-hydrogen) atoms. The van der Waals surface area contributed by atoms with Crippen LogP contribution in [0.2, 0.25) is 0 Å². The van der Waals surface area contributed by atoms with Gasteiger partial charge in [-0.05, 0) is 60.7 Å². The fourth-order valence-corrected chi connectivity index (χ4v) is 3.28. The van der Waals surface area contributed by atoms with Crippen molar-refractivity contribution in [2.75, 3.05) is 13.7 Å². The molecule has 3 rings (SSSR count). The summed E-state index contributed by atoms with van der Waals surface area (Å²) in [7, 11) is 1.64. The van der Waals surface area contributed by atoms with Crippen LogP contribution in [-0.2, 0) is 11.2 Å². The maximum atomic E-state index is 12.3. The van der Waals surface area contributed by atoms with Gasteiger partial charge in [-0.15, -0.1) is 0 Å². The van der Waals surface area contributed by atoms with Crippen LogP contribution in [0, 0.1) is 0 Å². The number of methoxy groups -OCH3 is 1. The molecule has 0 radical (unpaired) electrons. The molecule has 0 aliphatic heterocycles. The number of benzene rings is 3. The Morgan fingerprint density at radius 2 is 1.52 bits per heavy atom. The number of hydrogen-bond acceptors (Lipinski definition) is 3. The highest BCUT2D eigenvalue weighted by molar-refractivity contribution is 5.96. The van der Waals surface area contributed by atoms with E-state index in [-0.39, 0.29) is 24.4 Å². The molecule has 0 heterocycles. The summed E-state index contributed by atoms with van der Waals surface area (Å²) in [5, 5.41) is 5.62. The zero-order valence-corrected chi connectivity index (χ0v) is 17.9. The van der Waals surface area contributed by atoms with Crippen molar-refractivity contribution in [2.45, 2.75) is 25.8 Å². The lowest BCUT2D eigenvalue weighted by molar-refractivity contribution is -0.120. The molecule has 1 atom stereocenters. The van der Waals surface area contributed by atoms with Gasteiger partial charge in [0.2, 0.25) is 5.91 Å². The predicted octanol–water partition coefficient (Wildman–Crippen LogP) is 4.23. The summed E-state index contributed by atoms with van der Waals surface area (Å²) in [5.41, 5.74) is 3.85. The van der Waals surface area contributed by atoms with E-state index < -0.39 is 0 Å². The van der Waals surface area contributed by atoms with Crippen LogP contribution in [0.5, 0.6) is 5.75 Å². The summed E-state index contributed by atoms with van der Waals surface area (Å²) >= 11 is 0. The van der Waals surface area contributed by atoms with Gasteiger partial charge in [0.1, 0.15) is 5.75 Å². The van der Waals surface area contributed by atoms with Gasteiger partial charge in [0, 0.05) is 11.6 Å². The molecule has 0 aliphatic rings. The van der Waals surface area contributed by atoms with Gasteiger partial charge in [0.25, 0.3) is 5.91 Å². The van der Waals surface area contributed by atoms with Crippen LogP contribution < -0.4 is 15.4 Å². The van der Waals surface area contributed by atoms with Crippen LogP contribution in [0.4, 0.5) is 0 Å². The number of amides is 2. The van der Waals surface area contributed by atoms with Crippen molar-refractivity contribution in [2.24, 2.45) is 0 Å². The second-order valence-electron chi connectivity index (χ2n) is 7.48. The van der Waals surface area contributed by atoms with Crippen molar-refractivity contribution in [3.63, 3.8) is 0 Å². The van der Waals surface area contributed by atoms with Crippen molar-refractivity contribution < 1.29 is 14.3 Å². The Hall–Kier alpha value is -3.60. The highest BCUT2D eigenvalue weighted by Gasteiger charge is 2.11. The molecule has 5 heteroatoms. The number of hydrogen-bond donors (Lipinski definition) is 2. The van der Waals surface area contributed by atoms with Crippen molar-refractivity contribution in [1.29, 1.82) is 0 Å². The first-order valence-corrected chi connectivity index (χ1v) is 10.4. The SMILES string of the molecule is COc1ccc(CCC(C)NC(=O)CNC(=O)c2ccc(-c3ccccc3)cc2)cc1. The topological polar surface area (TPSA) is 67.4 Å². The maximum absolute atomic E-state index is 12.3. The quantitative estimate of drug-likeness (QED) is 0.549. The first-order chi connectivity index (χ1) is 15.0. The number of rotatable bonds is 9. The Morgan fingerprint density at radius 1 is 0.871 bits per heavy atom. The summed E-state index contributed by atoms with van der Waals surface area (Å²) in [6.07, 6.45) is 1.67. The molecular formula is C26H28N2O3. The third-order valence-corrected chi connectivity index (χ3v) is 5.10. The third kappa shape index (κ3) is 6.71. The molecule has 5 nitrogen and oxygen atoms in total. The Balaban J connectivity index is 1.41. The van der Waals surface area contributed by atoms with Gasteiger partial charge in [-0.2, -0.15) is 0 Å². The molecule has 0 saturated carbocycles. The van der Waals surface area contributed by atoms with E-state index in [0.717, 1.165) is 29.7 Å². The van der Waals surface area contributed by atoms with Crippen molar-refractivity contribution in [3.8, 4) is 16.9 Å². The maximum Gasteiger partial charge on any atom is 0.251 e. The minimum absolute atomic E-state index is 0.0108. The number of nitrogens with one attached hydrogen (secondary N) is 2. The normalized spacial score (nSPS) is 11.4. The molecule has 0 aliphatic carbocycles. The van der Waals surface area contributed by atoms with E-state index in [4.69, 9.17) is 4.74 Å². The minimum atomic E-state index is -0.263. The highest BCUT2D eigenvalue weighted by Crippen LogP contribution is 2.19. The highest BCUT2D eigenvalue weighted by atomic mass is 16.5. The van der Waals surface area contributed by atoms with E-state index in [2.05, 4.69) is 10.6 Å². The van der Waals surface area contributed by atoms with Crippen molar-refractivity contribution >= 4 is 11.8 Å². The minimum Gasteiger partial charge on any atom is -0.497 e. The largest absolute Gasteiger partial charge is 0.497 e. The van der Waals surface area contributed by atoms with E-state index in [9.17, 15) is 9.59 Å². The van der Waals surface area contributed by atoms with Crippen molar-refractivity contribution in [1.82, 2.24) is 10.6 Å². The van der Waals surface area contributed by atoms with Gasteiger partial charge in [0.15, 0.2) is 0 Å². The van der Waals surface area contributed by atoms with Gasteiger partial charge in [-0.25, -0.2) is 0 Å². The van der Waals surface area contributed by atoms with E-state index in [0.29, 0.717) is 5.56 Å². The fraction of sp³-hybridized carbons (Fsp3) is 0.231. The standard InChI is InChI=1S/C26H28N2O3/c1-19(8-9-20-10-16-24(31-2)17-11-20)28-25(29)18-27-26(30)23-14-12-22(13-15-23)21-6-4-3-5-7-21/h3-7,10-17,19H,8-9,18H2,1-2H3,(H,27,30)(H,28,29). The average Bonchev–Trinajstić information content (AvgIpc) is 2.82. The summed E-state index contributed by atoms with van der Waals surface area (Å²) in [5.74, 6) is 0.368. The van der Waals surface area contributed by atoms with Crippen LogP contribution in [-0.4, -0.2) is 31.5 Å². The van der Waals surface area contributed by atoms with Gasteiger partial charge in [-0.1, -0.05) is 54.6 Å². The summed E-state index contributed by atoms with van der Waals surface area (Å²) in [4.78, 5) is 24.5. The summed E-state index contributed by atoms with van der Waals surface area (Å²) < 4.78 is 5.16. The lowest BCUT2D eigenvalue weighted by Crippen LogP contribution is -2.41. The van der Waals surface area contributed by atoms with Gasteiger partial charge in [-0.3, -0.25) is 9.59 Å². The third-order valence-electron chi connectivity index (χ3n) is 5.10. The molecular weight excluding hydrogens is 388 g/mol. The fourth-order valence-electron chi connectivity index (χ4n) is 3.28. The number of carbonyl (C=O) groups is 2. The molecule has 3 aromatic rings. The molecule has 0 aromatic heterocycles. The van der Waals surface area contributed by atoms with E-state index in [1.54, 1.807) is 19.2 Å². The van der Waals surface area contributed by atoms with Crippen LogP contribution >= 0.6 is 0 Å². The molecule has 3 aromatic carbocycles. The lowest BCUT2D eigenvalue weighted by Gasteiger charge is -2.14. The van der Waals surface area contributed by atoms with Gasteiger partial charge < -0.3 is 15.4 Å². The lowest BCUT2D eigenvalue weighted by atomic mass is 10.0. The van der Waals surface area contributed by atoms with E-state index in [1.807, 2.05) is 73.7 Å². The summed E-state index contributed by atoms with van der Waals surface area (Å²) in [6, 6.07) is 25.3. The number of aryl methyl sites for hydroxylation is 1. The smallest absolute Gasteiger partial charge is 0.251 e. The first kappa shape index (κ1) is 22.1. The van der Waals surface area contributed by atoms with Crippen LogP contribution in [0.3, 0.4) is 0 Å². The monoisotopic (exact) mass is 416 g/mol. The van der Waals surface area contributed by atoms with Crippen molar-refractivity contribution in [3.05, 3.63) is 90.0 Å². The molecule has 0 fully saturated rings. The second kappa shape index (κ2) is 11.0. The van der Waals surface area contributed by atoms with E-state index >= 15 is 0 Å². The Morgan fingerprint density at radius 3 is 2.16 bits per heavy atom. The number of ether oxygens (including phenoxy) is 1. The van der Waals surface area contributed by atoms with Crippen LogP contribution in [0.15, 0.2) is 78.9 Å². The molecule has 1 unspecified atom stereocenters.